The molecule has 1 rings (SSSR count). The van der Waals surface area contributed by atoms with E-state index >= 15 is 0 Å². The molecule has 0 heterocycles. The predicted molar refractivity (Wildman–Crippen MR) is 75.4 cm³/mol. The summed E-state index contributed by atoms with van der Waals surface area (Å²) in [7, 11) is 6.28. The Balaban J connectivity index is 2.69. The number of likely N-dealkylation sites (N-methyl/N-ethyl adjacent to an activating group) is 2. The second-order valence-electron chi connectivity index (χ2n) is 3.94. The zero-order valence-corrected chi connectivity index (χ0v) is 11.7. The zero-order chi connectivity index (χ0) is 11.4. The summed E-state index contributed by atoms with van der Waals surface area (Å²) < 4.78 is 1.20. The van der Waals surface area contributed by atoms with Crippen LogP contribution in [0.1, 0.15) is 0 Å². The maximum Gasteiger partial charge on any atom is 0.0501 e. The molecule has 0 radical (unpaired) electrons. The lowest BCUT2D eigenvalue weighted by Gasteiger charge is -2.22. The second-order valence-corrected chi connectivity index (χ2v) is 5.10. The molecule has 0 saturated carbocycles. The van der Waals surface area contributed by atoms with E-state index in [9.17, 15) is 0 Å². The van der Waals surface area contributed by atoms with Crippen molar-refractivity contribution in [3.05, 3.63) is 21.8 Å². The van der Waals surface area contributed by atoms with Gasteiger partial charge in [0, 0.05) is 29.4 Å². The molecule has 3 nitrogen and oxygen atoms in total. The fourth-order valence-corrected chi connectivity index (χ4v) is 2.25. The summed E-state index contributed by atoms with van der Waals surface area (Å²) in [4.78, 5) is 4.43. The van der Waals surface area contributed by atoms with Gasteiger partial charge in [-0.3, -0.25) is 0 Å². The summed E-state index contributed by atoms with van der Waals surface area (Å²) in [5.41, 5.74) is 7.78. The smallest absolute Gasteiger partial charge is 0.0501 e. The molecule has 0 aliphatic rings. The van der Waals surface area contributed by atoms with Gasteiger partial charge in [0.25, 0.3) is 0 Å². The molecule has 2 N–H and O–H groups in total. The fourth-order valence-electron chi connectivity index (χ4n) is 1.30. The highest BCUT2D eigenvalue weighted by atomic mass is 127. The Bertz CT molecular complexity index is 326. The third-order valence-electron chi connectivity index (χ3n) is 2.27. The van der Waals surface area contributed by atoms with Crippen molar-refractivity contribution in [2.45, 2.75) is 0 Å². The third-order valence-corrected chi connectivity index (χ3v) is 3.13. The van der Waals surface area contributed by atoms with Crippen molar-refractivity contribution < 1.29 is 0 Å². The summed E-state index contributed by atoms with van der Waals surface area (Å²) in [6, 6.07) is 6.03. The van der Waals surface area contributed by atoms with Crippen molar-refractivity contribution in [1.29, 1.82) is 0 Å². The van der Waals surface area contributed by atoms with Gasteiger partial charge in [-0.05, 0) is 54.9 Å². The Kier molecular flexibility index (Phi) is 4.66. The van der Waals surface area contributed by atoms with Gasteiger partial charge >= 0.3 is 0 Å². The average molecular weight is 319 g/mol. The quantitative estimate of drug-likeness (QED) is 0.679. The molecular weight excluding hydrogens is 301 g/mol. The van der Waals surface area contributed by atoms with Gasteiger partial charge in [0.1, 0.15) is 0 Å². The van der Waals surface area contributed by atoms with E-state index in [-0.39, 0.29) is 0 Å². The Hall–Kier alpha value is -0.490. The fraction of sp³-hybridized carbons (Fsp3) is 0.455. The number of rotatable bonds is 4. The highest BCUT2D eigenvalue weighted by Gasteiger charge is 2.05. The summed E-state index contributed by atoms with van der Waals surface area (Å²) in [5.74, 6) is 0. The third kappa shape index (κ3) is 3.87. The highest BCUT2D eigenvalue weighted by Crippen LogP contribution is 2.23. The molecule has 84 valence electrons. The molecule has 1 aromatic rings. The van der Waals surface area contributed by atoms with Crippen LogP contribution in [0.4, 0.5) is 11.4 Å². The second kappa shape index (κ2) is 5.55. The summed E-state index contributed by atoms with van der Waals surface area (Å²) in [6.45, 7) is 2.07. The monoisotopic (exact) mass is 319 g/mol. The molecule has 0 saturated heterocycles. The number of nitrogens with zero attached hydrogens (tertiary/aromatic N) is 2. The first kappa shape index (κ1) is 12.6. The molecule has 0 amide bonds. The van der Waals surface area contributed by atoms with E-state index in [0.29, 0.717) is 0 Å². The lowest BCUT2D eigenvalue weighted by Crippen LogP contribution is -2.28. The van der Waals surface area contributed by atoms with Gasteiger partial charge in [0.05, 0.1) is 5.69 Å². The van der Waals surface area contributed by atoms with Crippen molar-refractivity contribution in [2.24, 2.45) is 0 Å². The van der Waals surface area contributed by atoms with Gasteiger partial charge in [-0.15, -0.1) is 0 Å². The van der Waals surface area contributed by atoms with E-state index in [2.05, 4.69) is 59.6 Å². The molecule has 0 aromatic heterocycles. The zero-order valence-electron chi connectivity index (χ0n) is 9.50. The van der Waals surface area contributed by atoms with Crippen LogP contribution in [0.2, 0.25) is 0 Å². The number of nitrogen functional groups attached to an aromatic ring is 1. The lowest BCUT2D eigenvalue weighted by molar-refractivity contribution is 0.416. The number of benzene rings is 1. The van der Waals surface area contributed by atoms with E-state index in [0.717, 1.165) is 18.8 Å². The molecule has 0 aliphatic carbocycles. The van der Waals surface area contributed by atoms with Crippen LogP contribution in [0, 0.1) is 3.57 Å². The van der Waals surface area contributed by atoms with Crippen LogP contribution in [-0.4, -0.2) is 39.1 Å². The largest absolute Gasteiger partial charge is 0.399 e. The number of nitrogens with two attached hydrogens (primary N) is 1. The van der Waals surface area contributed by atoms with Crippen molar-refractivity contribution in [3.63, 3.8) is 0 Å². The van der Waals surface area contributed by atoms with Crippen molar-refractivity contribution in [1.82, 2.24) is 4.90 Å². The maximum atomic E-state index is 5.72. The molecule has 0 unspecified atom stereocenters. The van der Waals surface area contributed by atoms with Gasteiger partial charge in [-0.25, -0.2) is 0 Å². The van der Waals surface area contributed by atoms with Gasteiger partial charge in [0.15, 0.2) is 0 Å². The minimum atomic E-state index is 0.823. The highest BCUT2D eigenvalue weighted by molar-refractivity contribution is 14.1. The molecule has 0 aliphatic heterocycles. The molecule has 4 heteroatoms. The van der Waals surface area contributed by atoms with Crippen LogP contribution in [0.15, 0.2) is 18.2 Å². The van der Waals surface area contributed by atoms with Crippen LogP contribution in [0.25, 0.3) is 0 Å². The number of hydrogen-bond donors (Lipinski definition) is 1. The maximum absolute atomic E-state index is 5.72. The van der Waals surface area contributed by atoms with E-state index in [1.165, 1.54) is 9.26 Å². The first-order valence-electron chi connectivity index (χ1n) is 4.91. The first-order valence-corrected chi connectivity index (χ1v) is 5.99. The van der Waals surface area contributed by atoms with Gasteiger partial charge in [-0.1, -0.05) is 0 Å². The SMILES string of the molecule is CN(C)CCN(C)c1ccc(N)cc1I. The number of anilines is 2. The molecule has 15 heavy (non-hydrogen) atoms. The lowest BCUT2D eigenvalue weighted by atomic mass is 10.2. The first-order chi connectivity index (χ1) is 7.00. The van der Waals surface area contributed by atoms with Crippen molar-refractivity contribution in [2.75, 3.05) is 44.9 Å². The van der Waals surface area contributed by atoms with E-state index in [1.807, 2.05) is 12.1 Å². The van der Waals surface area contributed by atoms with Crippen LogP contribution in [0.3, 0.4) is 0 Å². The normalized spacial score (nSPS) is 10.7. The summed E-state index contributed by atoms with van der Waals surface area (Å²) in [5, 5.41) is 0. The molecule has 0 bridgehead atoms. The van der Waals surface area contributed by atoms with E-state index < -0.39 is 0 Å². The Labute approximate surface area is 105 Å². The average Bonchev–Trinajstić information content (AvgIpc) is 2.14. The van der Waals surface area contributed by atoms with Crippen molar-refractivity contribution in [3.8, 4) is 0 Å². The number of halogens is 1. The van der Waals surface area contributed by atoms with E-state index in [1.54, 1.807) is 0 Å². The van der Waals surface area contributed by atoms with Crippen LogP contribution in [0.5, 0.6) is 0 Å². The van der Waals surface area contributed by atoms with Gasteiger partial charge in [0.2, 0.25) is 0 Å². The molecule has 1 aromatic carbocycles. The number of hydrogen-bond acceptors (Lipinski definition) is 3. The molecule has 0 atom stereocenters. The van der Waals surface area contributed by atoms with Crippen LogP contribution < -0.4 is 10.6 Å². The molecular formula is C11H18IN3. The summed E-state index contributed by atoms with van der Waals surface area (Å²) in [6.07, 6.45) is 0. The van der Waals surface area contributed by atoms with Gasteiger partial charge in [-0.2, -0.15) is 0 Å². The van der Waals surface area contributed by atoms with Crippen LogP contribution >= 0.6 is 22.6 Å². The standard InChI is InChI=1S/C11H18IN3/c1-14(2)6-7-15(3)11-5-4-9(13)8-10(11)12/h4-5,8H,6-7,13H2,1-3H3. The van der Waals surface area contributed by atoms with Gasteiger partial charge < -0.3 is 15.5 Å². The summed E-state index contributed by atoms with van der Waals surface area (Å²) >= 11 is 2.32. The predicted octanol–water partition coefficient (Wildman–Crippen LogP) is 1.87. The molecule has 0 spiro atoms. The minimum Gasteiger partial charge on any atom is -0.399 e. The van der Waals surface area contributed by atoms with E-state index in [4.69, 9.17) is 5.73 Å². The Morgan fingerprint density at radius 3 is 2.40 bits per heavy atom. The topological polar surface area (TPSA) is 32.5 Å². The minimum absolute atomic E-state index is 0.823. The Morgan fingerprint density at radius 1 is 1.20 bits per heavy atom. The molecule has 0 fully saturated rings. The van der Waals surface area contributed by atoms with Crippen LogP contribution in [-0.2, 0) is 0 Å². The van der Waals surface area contributed by atoms with Crippen molar-refractivity contribution >= 4 is 34.0 Å². The Morgan fingerprint density at radius 2 is 1.87 bits per heavy atom.